The zero-order chi connectivity index (χ0) is 98.3. The lowest BCUT2D eigenvalue weighted by Crippen LogP contribution is -2.44. The summed E-state index contributed by atoms with van der Waals surface area (Å²) in [4.78, 5) is 112. The molecular weight excluding hydrogens is 1850 g/mol. The Kier molecular flexibility index (Phi) is 45.4. The molecule has 0 aliphatic heterocycles. The average Bonchev–Trinajstić information content (AvgIpc) is 0.800. The predicted molar refractivity (Wildman–Crippen MR) is 592 cm³/mol. The highest BCUT2D eigenvalue weighted by atomic mass is 32.2. The van der Waals surface area contributed by atoms with Crippen molar-refractivity contribution in [1.82, 2.24) is 0 Å². The zero-order valence-electron chi connectivity index (χ0n) is 81.6. The highest BCUT2D eigenvalue weighted by molar-refractivity contribution is 8.00. The third kappa shape index (κ3) is 34.9. The minimum Gasteiger partial charge on any atom is -0.295 e. The number of ketones is 8. The standard InChI is InChI=1S/C20H23OS.C20H17OS.C19H17S.C18H23O2S.C18H19OS.C18H21OS.C12H15O2S/c2*21-20(17-10-4-1-5-11-17)16-22(18-12-6-2-7-13-18)19-14-8-3-9-15-19;1-4-10-17(11-5-1)16-20(18-12-6-2-7-13-18)19-14-8-3-9-15-19;19-15-10-4-6-12-17(15)21(14-8-2-1-3-9-14)18-13-7-5-11-16(18)20;19-17-13-7-8-14-18(17)20(15-9-3-1-4-10-15)16-11-5-2-6-12-16;1-18(2,3)17(19)14-20(15-10-6-4-7-11-15)16-12-8-5-9-13-16;1-10(13)8-15(9-11(2)14)12-6-4-3-5-7-12/h2-3,6-9,12-15,17H,1,4-5,10-11,16H2;1-15H,16H2;1-15H,16H2;1-3,8-9,17-18H,4-7,10-13H2;1-6,9-12,18H,7-8,13-14H2;4-13H,14H2,1-3H3;3-7H,8-9H2,1-2H3/q7*+1. The maximum absolute atomic E-state index is 12.8. The Bertz CT molecular complexity index is 5760. The number of benzene rings is 14. The van der Waals surface area contributed by atoms with Gasteiger partial charge in [-0.3, -0.25) is 38.4 Å². The second-order valence-electron chi connectivity index (χ2n) is 36.1. The molecule has 4 aliphatic carbocycles. The number of Topliss-reactive ketones (excluding diaryl/α,β-unsaturated/α-hetero) is 8. The van der Waals surface area contributed by atoms with Gasteiger partial charge in [-0.1, -0.05) is 319 Å². The number of hydrogen-bond acceptors (Lipinski definition) is 8. The molecule has 8 nitrogen and oxygen atoms in total. The molecule has 718 valence electrons. The van der Waals surface area contributed by atoms with Gasteiger partial charge in [0.05, 0.1) is 54.5 Å². The SMILES string of the molecule is CC(=O)C[S+](CC(C)=O)c1ccccc1.CC(C)(C)C(=O)C[S+](c1ccccc1)c1ccccc1.O=C(C[S+](c1ccccc1)c1ccccc1)C1CCCCC1.O=C(C[S+](c1ccccc1)c1ccccc1)c1ccccc1.O=C1CCCCC1[S+](c1ccccc1)C1CCCCC1=O.O=C1CCCCC1[S+](c1ccccc1)c1ccccc1.c1ccc(C[S+](c2ccccc2)c2ccccc2)cc1. The van der Waals surface area contributed by atoms with E-state index in [9.17, 15) is 38.4 Å². The predicted octanol–water partition coefficient (Wildman–Crippen LogP) is 28.5. The van der Waals surface area contributed by atoms with Gasteiger partial charge in [-0.25, -0.2) is 0 Å². The van der Waals surface area contributed by atoms with Gasteiger partial charge >= 0.3 is 0 Å². The summed E-state index contributed by atoms with van der Waals surface area (Å²) in [6.45, 7) is 9.12. The van der Waals surface area contributed by atoms with Crippen molar-refractivity contribution in [2.75, 3.05) is 28.8 Å². The van der Waals surface area contributed by atoms with Crippen LogP contribution in [0.2, 0.25) is 0 Å². The molecule has 3 atom stereocenters. The molecule has 14 aromatic carbocycles. The Morgan fingerprint density at radius 3 is 0.821 bits per heavy atom. The molecule has 0 spiro atoms. The minimum absolute atomic E-state index is 0.0909. The highest BCUT2D eigenvalue weighted by Gasteiger charge is 2.49. The third-order valence-corrected chi connectivity index (χ3v) is 41.6. The molecule has 140 heavy (non-hydrogen) atoms. The van der Waals surface area contributed by atoms with Crippen molar-refractivity contribution in [2.24, 2.45) is 11.3 Å². The van der Waals surface area contributed by atoms with E-state index in [1.807, 2.05) is 197 Å². The van der Waals surface area contributed by atoms with E-state index in [0.29, 0.717) is 76.4 Å². The summed E-state index contributed by atoms with van der Waals surface area (Å²) in [5.74, 6) is 6.57. The van der Waals surface area contributed by atoms with Crippen LogP contribution >= 0.6 is 0 Å². The third-order valence-electron chi connectivity index (χ3n) is 24.4. The van der Waals surface area contributed by atoms with E-state index in [-0.39, 0.29) is 115 Å². The lowest BCUT2D eigenvalue weighted by molar-refractivity contribution is -0.124. The summed E-state index contributed by atoms with van der Waals surface area (Å²) in [6, 6.07) is 145. The van der Waals surface area contributed by atoms with Crippen LogP contribution in [-0.2, 0) is 116 Å². The molecule has 15 heteroatoms. The molecule has 4 saturated carbocycles. The molecule has 0 aromatic heterocycles. The fourth-order valence-electron chi connectivity index (χ4n) is 17.2. The molecule has 4 aliphatic rings. The first kappa shape index (κ1) is 108. The average molecular weight is 1990 g/mol. The van der Waals surface area contributed by atoms with Crippen molar-refractivity contribution >= 4 is 123 Å². The van der Waals surface area contributed by atoms with Gasteiger partial charge in [0.15, 0.2) is 144 Å². The molecule has 3 unspecified atom stereocenters. The normalized spacial score (nSPS) is 15.4. The van der Waals surface area contributed by atoms with Gasteiger partial charge in [-0.2, -0.15) is 0 Å². The molecule has 0 bridgehead atoms. The molecule has 0 N–H and O–H groups in total. The van der Waals surface area contributed by atoms with Gasteiger partial charge in [0.1, 0.15) is 5.75 Å². The van der Waals surface area contributed by atoms with Crippen LogP contribution in [0.5, 0.6) is 0 Å². The Morgan fingerprint density at radius 2 is 0.514 bits per heavy atom. The van der Waals surface area contributed by atoms with Crippen molar-refractivity contribution in [2.45, 2.75) is 224 Å². The Hall–Kier alpha value is -11.1. The summed E-state index contributed by atoms with van der Waals surface area (Å²) in [7, 11) is -1.03. The number of carbonyl (C=O) groups is 8. The van der Waals surface area contributed by atoms with Crippen LogP contribution in [0.1, 0.15) is 160 Å². The first-order valence-electron chi connectivity index (χ1n) is 49.1. The van der Waals surface area contributed by atoms with Crippen LogP contribution in [0.25, 0.3) is 0 Å². The summed E-state index contributed by atoms with van der Waals surface area (Å²) < 4.78 is 0. The van der Waals surface area contributed by atoms with Gasteiger partial charge in [-0.15, -0.1) is 0 Å². The van der Waals surface area contributed by atoms with E-state index < -0.39 is 0 Å². The summed E-state index contributed by atoms with van der Waals surface area (Å²) >= 11 is 0. The molecule has 14 aromatic rings. The van der Waals surface area contributed by atoms with E-state index in [1.165, 1.54) is 85.1 Å². The van der Waals surface area contributed by atoms with Gasteiger partial charge in [0.25, 0.3) is 0 Å². The number of rotatable bonds is 29. The van der Waals surface area contributed by atoms with Gasteiger partial charge < -0.3 is 0 Å². The van der Waals surface area contributed by atoms with Crippen LogP contribution in [-0.4, -0.2) is 90.8 Å². The Balaban J connectivity index is 0.000000147. The smallest absolute Gasteiger partial charge is 0.212 e. The molecular formula is C125H135O8S7+7. The lowest BCUT2D eigenvalue weighted by Gasteiger charge is -2.28. The van der Waals surface area contributed by atoms with Crippen molar-refractivity contribution in [1.29, 1.82) is 0 Å². The van der Waals surface area contributed by atoms with Crippen molar-refractivity contribution in [3.05, 3.63) is 436 Å². The van der Waals surface area contributed by atoms with E-state index in [1.54, 1.807) is 13.8 Å². The van der Waals surface area contributed by atoms with E-state index in [4.69, 9.17) is 0 Å². The van der Waals surface area contributed by atoms with Crippen molar-refractivity contribution in [3.63, 3.8) is 0 Å². The van der Waals surface area contributed by atoms with Crippen LogP contribution in [0.15, 0.2) is 483 Å². The van der Waals surface area contributed by atoms with E-state index in [2.05, 4.69) is 249 Å². The first-order chi connectivity index (χ1) is 68.3. The maximum Gasteiger partial charge on any atom is 0.212 e. The molecule has 18 rings (SSSR count). The minimum atomic E-state index is -0.283. The Labute approximate surface area is 853 Å². The lowest BCUT2D eigenvalue weighted by atomic mass is 9.87. The topological polar surface area (TPSA) is 137 Å². The molecule has 4 fully saturated rings. The molecule has 0 saturated heterocycles. The van der Waals surface area contributed by atoms with E-state index in [0.717, 1.165) is 86.8 Å². The fraction of sp³-hybridized carbons (Fsp3) is 0.264. The molecule has 0 amide bonds. The largest absolute Gasteiger partial charge is 0.295 e. The fourth-order valence-corrected chi connectivity index (χ4v) is 33.4. The van der Waals surface area contributed by atoms with Crippen LogP contribution < -0.4 is 0 Å². The second-order valence-corrected chi connectivity index (χ2v) is 50.8. The number of hydrogen-bond donors (Lipinski definition) is 0. The van der Waals surface area contributed by atoms with Gasteiger partial charge in [0, 0.05) is 82.8 Å². The molecule has 0 radical (unpaired) electrons. The quantitative estimate of drug-likeness (QED) is 0.0334. The summed E-state index contributed by atoms with van der Waals surface area (Å²) in [5, 5.41) is 0.356. The van der Waals surface area contributed by atoms with Crippen LogP contribution in [0.4, 0.5) is 0 Å². The van der Waals surface area contributed by atoms with Crippen molar-refractivity contribution in [3.8, 4) is 0 Å². The number of carbonyl (C=O) groups excluding carboxylic acids is 8. The zero-order valence-corrected chi connectivity index (χ0v) is 87.3. The maximum atomic E-state index is 12.8. The summed E-state index contributed by atoms with van der Waals surface area (Å²) in [5.41, 5.74) is 1.89. The summed E-state index contributed by atoms with van der Waals surface area (Å²) in [6.07, 6.45) is 17.7. The van der Waals surface area contributed by atoms with E-state index >= 15 is 0 Å². The molecule has 0 heterocycles. The second kappa shape index (κ2) is 59.0. The Morgan fingerprint density at radius 1 is 0.257 bits per heavy atom. The van der Waals surface area contributed by atoms with Crippen LogP contribution in [0.3, 0.4) is 0 Å². The van der Waals surface area contributed by atoms with Gasteiger partial charge in [0.2, 0.25) is 5.78 Å². The first-order valence-corrected chi connectivity index (χ1v) is 58.9. The highest BCUT2D eigenvalue weighted by Crippen LogP contribution is 2.39. The van der Waals surface area contributed by atoms with Crippen LogP contribution in [0, 0.1) is 11.3 Å². The monoisotopic (exact) mass is 1990 g/mol. The van der Waals surface area contributed by atoms with Crippen molar-refractivity contribution < 1.29 is 38.4 Å². The van der Waals surface area contributed by atoms with Gasteiger partial charge in [-0.05, 0) is 211 Å².